The Kier molecular flexibility index (Phi) is 3.58. The first-order chi connectivity index (χ1) is 8.69. The van der Waals surface area contributed by atoms with Crippen molar-refractivity contribution >= 4 is 0 Å². The molecule has 2 heterocycles. The molecule has 5 heteroatoms. The van der Waals surface area contributed by atoms with Crippen molar-refractivity contribution in [1.82, 2.24) is 14.8 Å². The van der Waals surface area contributed by atoms with E-state index in [1.807, 2.05) is 32.2 Å². The molecule has 0 aromatic carbocycles. The predicted molar refractivity (Wildman–Crippen MR) is 66.0 cm³/mol. The minimum Gasteiger partial charge on any atom is -0.488 e. The molecule has 0 aliphatic carbocycles. The van der Waals surface area contributed by atoms with Crippen LogP contribution in [0.3, 0.4) is 0 Å². The molecule has 0 unspecified atom stereocenters. The summed E-state index contributed by atoms with van der Waals surface area (Å²) in [6, 6.07) is 5.75. The van der Waals surface area contributed by atoms with E-state index in [2.05, 4.69) is 16.2 Å². The van der Waals surface area contributed by atoms with Gasteiger partial charge in [-0.1, -0.05) is 6.07 Å². The fourth-order valence-corrected chi connectivity index (χ4v) is 1.61. The summed E-state index contributed by atoms with van der Waals surface area (Å²) < 4.78 is 7.26. The zero-order valence-corrected chi connectivity index (χ0v) is 10.4. The number of ether oxygens (including phenoxy) is 1. The Morgan fingerprint density at radius 1 is 1.50 bits per heavy atom. The summed E-state index contributed by atoms with van der Waals surface area (Å²) in [6.45, 7) is 4.44. The second-order valence-electron chi connectivity index (χ2n) is 4.16. The van der Waals surface area contributed by atoms with Gasteiger partial charge in [0.05, 0.1) is 25.0 Å². The van der Waals surface area contributed by atoms with Crippen LogP contribution in [0.1, 0.15) is 25.1 Å². The summed E-state index contributed by atoms with van der Waals surface area (Å²) in [5, 5.41) is 13.1. The fourth-order valence-electron chi connectivity index (χ4n) is 1.61. The number of rotatable bonds is 4. The van der Waals surface area contributed by atoms with Crippen molar-refractivity contribution in [2.75, 3.05) is 0 Å². The Balaban J connectivity index is 2.14. The van der Waals surface area contributed by atoms with E-state index >= 15 is 0 Å². The SMILES string of the molecule is CC(C)Oc1cnn(Cc2cccnc2C#N)c1. The number of aromatic nitrogens is 3. The van der Waals surface area contributed by atoms with Crippen LogP contribution in [-0.4, -0.2) is 20.9 Å². The summed E-state index contributed by atoms with van der Waals surface area (Å²) in [5.41, 5.74) is 1.28. The van der Waals surface area contributed by atoms with Crippen molar-refractivity contribution in [2.45, 2.75) is 26.5 Å². The lowest BCUT2D eigenvalue weighted by atomic mass is 10.2. The van der Waals surface area contributed by atoms with Crippen LogP contribution in [-0.2, 0) is 6.54 Å². The first kappa shape index (κ1) is 12.1. The van der Waals surface area contributed by atoms with Gasteiger partial charge in [0, 0.05) is 11.8 Å². The molecular weight excluding hydrogens is 228 g/mol. The molecule has 0 spiro atoms. The summed E-state index contributed by atoms with van der Waals surface area (Å²) >= 11 is 0. The van der Waals surface area contributed by atoms with Gasteiger partial charge in [0.2, 0.25) is 0 Å². The van der Waals surface area contributed by atoms with E-state index in [-0.39, 0.29) is 6.10 Å². The van der Waals surface area contributed by atoms with Gasteiger partial charge in [0.25, 0.3) is 0 Å². The van der Waals surface area contributed by atoms with Gasteiger partial charge in [-0.2, -0.15) is 10.4 Å². The van der Waals surface area contributed by atoms with Gasteiger partial charge in [-0.3, -0.25) is 4.68 Å². The van der Waals surface area contributed by atoms with Gasteiger partial charge in [-0.05, 0) is 19.9 Å². The van der Waals surface area contributed by atoms with Crippen molar-refractivity contribution in [1.29, 1.82) is 5.26 Å². The Hall–Kier alpha value is -2.35. The molecule has 0 saturated carbocycles. The molecule has 2 rings (SSSR count). The van der Waals surface area contributed by atoms with Gasteiger partial charge in [0.1, 0.15) is 11.8 Å². The third kappa shape index (κ3) is 2.86. The topological polar surface area (TPSA) is 63.7 Å². The van der Waals surface area contributed by atoms with Crippen LogP contribution in [0.15, 0.2) is 30.7 Å². The average Bonchev–Trinajstić information content (AvgIpc) is 2.76. The third-order valence-corrected chi connectivity index (χ3v) is 2.31. The van der Waals surface area contributed by atoms with Crippen LogP contribution < -0.4 is 4.74 Å². The maximum absolute atomic E-state index is 8.95. The van der Waals surface area contributed by atoms with E-state index in [9.17, 15) is 0 Å². The van der Waals surface area contributed by atoms with Crippen molar-refractivity contribution in [3.8, 4) is 11.8 Å². The van der Waals surface area contributed by atoms with Crippen molar-refractivity contribution in [2.24, 2.45) is 0 Å². The standard InChI is InChI=1S/C13H14N4O/c1-10(2)18-12-7-16-17(9-12)8-11-4-3-5-15-13(11)6-14/h3-5,7,9-10H,8H2,1-2H3. The number of hydrogen-bond acceptors (Lipinski definition) is 4. The average molecular weight is 242 g/mol. The molecular formula is C13H14N4O. The summed E-state index contributed by atoms with van der Waals surface area (Å²) in [5.74, 6) is 0.729. The molecule has 92 valence electrons. The molecule has 5 nitrogen and oxygen atoms in total. The molecule has 0 N–H and O–H groups in total. The van der Waals surface area contributed by atoms with Gasteiger partial charge in [-0.25, -0.2) is 4.98 Å². The van der Waals surface area contributed by atoms with Crippen LogP contribution in [0.5, 0.6) is 5.75 Å². The molecule has 0 radical (unpaired) electrons. The van der Waals surface area contributed by atoms with Gasteiger partial charge in [-0.15, -0.1) is 0 Å². The number of nitriles is 1. The Bertz CT molecular complexity index is 568. The van der Waals surface area contributed by atoms with Crippen molar-refractivity contribution in [3.63, 3.8) is 0 Å². The third-order valence-electron chi connectivity index (χ3n) is 2.31. The minimum absolute atomic E-state index is 0.121. The lowest BCUT2D eigenvalue weighted by Gasteiger charge is -2.06. The molecule has 0 amide bonds. The summed E-state index contributed by atoms with van der Waals surface area (Å²) in [4.78, 5) is 4.02. The van der Waals surface area contributed by atoms with Crippen molar-refractivity contribution in [3.05, 3.63) is 42.0 Å². The monoisotopic (exact) mass is 242 g/mol. The minimum atomic E-state index is 0.121. The van der Waals surface area contributed by atoms with E-state index in [0.29, 0.717) is 12.2 Å². The smallest absolute Gasteiger partial charge is 0.157 e. The maximum Gasteiger partial charge on any atom is 0.157 e. The first-order valence-corrected chi connectivity index (χ1v) is 5.72. The van der Waals surface area contributed by atoms with E-state index in [1.54, 1.807) is 17.1 Å². The lowest BCUT2D eigenvalue weighted by molar-refractivity contribution is 0.242. The fraction of sp³-hybridized carbons (Fsp3) is 0.308. The molecule has 0 aliphatic heterocycles. The highest BCUT2D eigenvalue weighted by molar-refractivity contribution is 5.30. The molecule has 0 fully saturated rings. The summed E-state index contributed by atoms with van der Waals surface area (Å²) in [7, 11) is 0. The second kappa shape index (κ2) is 5.32. The molecule has 2 aromatic rings. The zero-order valence-electron chi connectivity index (χ0n) is 10.4. The highest BCUT2D eigenvalue weighted by Crippen LogP contribution is 2.13. The van der Waals surface area contributed by atoms with Crippen LogP contribution in [0.25, 0.3) is 0 Å². The Labute approximate surface area is 106 Å². The quantitative estimate of drug-likeness (QED) is 0.822. The van der Waals surface area contributed by atoms with Gasteiger partial charge < -0.3 is 4.74 Å². The van der Waals surface area contributed by atoms with Crippen molar-refractivity contribution < 1.29 is 4.74 Å². The maximum atomic E-state index is 8.95. The van der Waals surface area contributed by atoms with E-state index in [0.717, 1.165) is 11.3 Å². The first-order valence-electron chi connectivity index (χ1n) is 5.72. The van der Waals surface area contributed by atoms with Crippen LogP contribution in [0.4, 0.5) is 0 Å². The van der Waals surface area contributed by atoms with E-state index < -0.39 is 0 Å². The van der Waals surface area contributed by atoms with E-state index in [4.69, 9.17) is 10.00 Å². The summed E-state index contributed by atoms with van der Waals surface area (Å²) in [6.07, 6.45) is 5.21. The predicted octanol–water partition coefficient (Wildman–Crippen LogP) is 1.99. The van der Waals surface area contributed by atoms with Crippen LogP contribution >= 0.6 is 0 Å². The molecule has 18 heavy (non-hydrogen) atoms. The Morgan fingerprint density at radius 2 is 2.33 bits per heavy atom. The molecule has 0 atom stereocenters. The highest BCUT2D eigenvalue weighted by Gasteiger charge is 2.06. The molecule has 2 aromatic heterocycles. The molecule has 0 bridgehead atoms. The second-order valence-corrected chi connectivity index (χ2v) is 4.16. The van der Waals surface area contributed by atoms with Gasteiger partial charge >= 0.3 is 0 Å². The zero-order chi connectivity index (χ0) is 13.0. The van der Waals surface area contributed by atoms with Gasteiger partial charge in [0.15, 0.2) is 5.75 Å². The number of pyridine rings is 1. The van der Waals surface area contributed by atoms with Crippen LogP contribution in [0, 0.1) is 11.3 Å². The molecule has 0 saturated heterocycles. The van der Waals surface area contributed by atoms with Crippen LogP contribution in [0.2, 0.25) is 0 Å². The molecule has 0 aliphatic rings. The van der Waals surface area contributed by atoms with E-state index in [1.165, 1.54) is 0 Å². The Morgan fingerprint density at radius 3 is 3.06 bits per heavy atom. The lowest BCUT2D eigenvalue weighted by Crippen LogP contribution is -2.05. The number of nitrogens with zero attached hydrogens (tertiary/aromatic N) is 4. The highest BCUT2D eigenvalue weighted by atomic mass is 16.5. The normalized spacial score (nSPS) is 10.3. The number of hydrogen-bond donors (Lipinski definition) is 0. The largest absolute Gasteiger partial charge is 0.488 e.